The van der Waals surface area contributed by atoms with Crippen LogP contribution in [0.4, 0.5) is 5.69 Å². The lowest BCUT2D eigenvalue weighted by atomic mass is 9.85. The summed E-state index contributed by atoms with van der Waals surface area (Å²) in [5, 5.41) is 18.5. The summed E-state index contributed by atoms with van der Waals surface area (Å²) < 4.78 is 0. The molecule has 2 aromatic heterocycles. The first-order chi connectivity index (χ1) is 12.9. The number of β-amino-alcohol motifs (C(OH)–C–C–N with tert-alkyl or cyclic N) is 1. The van der Waals surface area contributed by atoms with E-state index < -0.39 is 11.5 Å². The van der Waals surface area contributed by atoms with Gasteiger partial charge in [-0.1, -0.05) is 0 Å². The number of aliphatic hydroxyl groups excluding tert-OH is 1. The standard InChI is InChI=1S/C21H24N4O2/c1-11(26)10-25-17-7-14-13-6-4-5-12-9-22-24-18(12)19(13)23-16(14)8-15(17)21(2,3)20(25)27/h7-9,11,23,26H,4-6,10H2,1-3H3,(H,22,24). The molecule has 0 saturated heterocycles. The maximum atomic E-state index is 13.0. The van der Waals surface area contributed by atoms with Crippen molar-refractivity contribution in [2.75, 3.05) is 11.4 Å². The predicted molar refractivity (Wildman–Crippen MR) is 105 cm³/mol. The first-order valence-electron chi connectivity index (χ1n) is 9.60. The van der Waals surface area contributed by atoms with Gasteiger partial charge >= 0.3 is 0 Å². The van der Waals surface area contributed by atoms with Gasteiger partial charge < -0.3 is 15.0 Å². The maximum absolute atomic E-state index is 13.0. The molecular weight excluding hydrogens is 340 g/mol. The van der Waals surface area contributed by atoms with Gasteiger partial charge in [0.05, 0.1) is 23.8 Å². The number of aromatic amines is 2. The minimum atomic E-state index is -0.599. The Hall–Kier alpha value is -2.60. The summed E-state index contributed by atoms with van der Waals surface area (Å²) in [5.74, 6) is 0.0479. The summed E-state index contributed by atoms with van der Waals surface area (Å²) in [4.78, 5) is 18.3. The molecule has 0 bridgehead atoms. The number of aliphatic hydroxyl groups is 1. The Morgan fingerprint density at radius 2 is 2.15 bits per heavy atom. The second kappa shape index (κ2) is 5.45. The van der Waals surface area contributed by atoms with Crippen molar-refractivity contribution in [2.45, 2.75) is 51.6 Å². The van der Waals surface area contributed by atoms with Crippen LogP contribution in [-0.4, -0.2) is 38.8 Å². The van der Waals surface area contributed by atoms with Crippen molar-refractivity contribution in [1.82, 2.24) is 15.2 Å². The number of carbonyl (C=O) groups is 1. The molecule has 0 spiro atoms. The van der Waals surface area contributed by atoms with E-state index in [1.807, 2.05) is 20.0 Å². The highest BCUT2D eigenvalue weighted by molar-refractivity contribution is 6.10. The molecule has 1 aromatic carbocycles. The molecule has 0 radical (unpaired) electrons. The van der Waals surface area contributed by atoms with E-state index in [2.05, 4.69) is 27.3 Å². The number of H-pyrrole nitrogens is 2. The number of anilines is 1. The van der Waals surface area contributed by atoms with Crippen molar-refractivity contribution in [1.29, 1.82) is 0 Å². The lowest BCUT2D eigenvalue weighted by Gasteiger charge is -2.21. The lowest BCUT2D eigenvalue weighted by molar-refractivity contribution is -0.122. The fourth-order valence-electron chi connectivity index (χ4n) is 4.66. The van der Waals surface area contributed by atoms with Crippen LogP contribution in [-0.2, 0) is 23.1 Å². The molecule has 6 nitrogen and oxygen atoms in total. The Morgan fingerprint density at radius 3 is 2.93 bits per heavy atom. The van der Waals surface area contributed by atoms with Crippen LogP contribution in [0.15, 0.2) is 18.3 Å². The molecule has 3 aromatic rings. The fraction of sp³-hybridized carbons (Fsp3) is 0.429. The molecule has 6 heteroatoms. The Balaban J connectivity index is 1.75. The quantitative estimate of drug-likeness (QED) is 0.653. The number of carbonyl (C=O) groups excluding carboxylic acids is 1. The number of amides is 1. The number of aryl methyl sites for hydroxylation is 2. The van der Waals surface area contributed by atoms with Gasteiger partial charge in [0.2, 0.25) is 5.91 Å². The van der Waals surface area contributed by atoms with Crippen molar-refractivity contribution in [3.63, 3.8) is 0 Å². The van der Waals surface area contributed by atoms with E-state index in [1.54, 1.807) is 11.8 Å². The third kappa shape index (κ3) is 2.22. The first kappa shape index (κ1) is 16.6. The monoisotopic (exact) mass is 364 g/mol. The van der Waals surface area contributed by atoms with Gasteiger partial charge in [-0.25, -0.2) is 0 Å². The van der Waals surface area contributed by atoms with E-state index in [9.17, 15) is 9.90 Å². The lowest BCUT2D eigenvalue weighted by Crippen LogP contribution is -2.39. The number of aromatic nitrogens is 3. The molecule has 0 fully saturated rings. The van der Waals surface area contributed by atoms with Gasteiger partial charge in [-0.2, -0.15) is 5.10 Å². The van der Waals surface area contributed by atoms with Gasteiger partial charge in [0.25, 0.3) is 0 Å². The Labute approximate surface area is 157 Å². The highest BCUT2D eigenvalue weighted by Gasteiger charge is 2.44. The first-order valence-corrected chi connectivity index (χ1v) is 9.60. The van der Waals surface area contributed by atoms with E-state index >= 15 is 0 Å². The van der Waals surface area contributed by atoms with Crippen LogP contribution in [0.25, 0.3) is 22.3 Å². The van der Waals surface area contributed by atoms with Crippen LogP contribution in [0.1, 0.15) is 43.9 Å². The van der Waals surface area contributed by atoms with Crippen molar-refractivity contribution < 1.29 is 9.90 Å². The molecule has 0 saturated carbocycles. The third-order valence-electron chi connectivity index (χ3n) is 6.04. The Kier molecular flexibility index (Phi) is 3.35. The summed E-state index contributed by atoms with van der Waals surface area (Å²) >= 11 is 0. The molecular formula is C21H24N4O2. The van der Waals surface area contributed by atoms with E-state index in [4.69, 9.17) is 0 Å². The second-order valence-electron chi connectivity index (χ2n) is 8.40. The molecule has 1 atom stereocenters. The van der Waals surface area contributed by atoms with E-state index in [-0.39, 0.29) is 5.91 Å². The molecule has 1 aliphatic heterocycles. The van der Waals surface area contributed by atoms with Crippen LogP contribution in [0.3, 0.4) is 0 Å². The van der Waals surface area contributed by atoms with Crippen LogP contribution in [0.2, 0.25) is 0 Å². The van der Waals surface area contributed by atoms with Crippen molar-refractivity contribution in [3.05, 3.63) is 35.0 Å². The van der Waals surface area contributed by atoms with Crippen LogP contribution in [0.5, 0.6) is 0 Å². The van der Waals surface area contributed by atoms with Gasteiger partial charge in [0.1, 0.15) is 5.69 Å². The number of nitrogens with one attached hydrogen (secondary N) is 2. The molecule has 3 N–H and O–H groups in total. The number of fused-ring (bicyclic) bond motifs is 6. The van der Waals surface area contributed by atoms with Gasteiger partial charge in [-0.05, 0) is 68.9 Å². The molecule has 5 rings (SSSR count). The van der Waals surface area contributed by atoms with Gasteiger partial charge in [-0.15, -0.1) is 0 Å². The van der Waals surface area contributed by atoms with Crippen molar-refractivity contribution in [2.24, 2.45) is 0 Å². The summed E-state index contributed by atoms with van der Waals surface area (Å²) in [6.45, 7) is 5.96. The smallest absolute Gasteiger partial charge is 0.237 e. The van der Waals surface area contributed by atoms with Gasteiger partial charge in [-0.3, -0.25) is 9.89 Å². The zero-order valence-electron chi connectivity index (χ0n) is 15.9. The molecule has 1 aliphatic carbocycles. The number of hydrogen-bond donors (Lipinski definition) is 3. The van der Waals surface area contributed by atoms with Crippen LogP contribution < -0.4 is 4.90 Å². The summed E-state index contributed by atoms with van der Waals surface area (Å²) in [7, 11) is 0. The predicted octanol–water partition coefficient (Wildman–Crippen LogP) is 3.05. The van der Waals surface area contributed by atoms with Crippen LogP contribution >= 0.6 is 0 Å². The topological polar surface area (TPSA) is 85.0 Å². The largest absolute Gasteiger partial charge is 0.392 e. The number of benzene rings is 1. The average Bonchev–Trinajstić information content (AvgIpc) is 3.22. The highest BCUT2D eigenvalue weighted by atomic mass is 16.3. The minimum absolute atomic E-state index is 0.0479. The SMILES string of the molecule is CC(O)CN1C(=O)C(C)(C)c2cc3[nH]c4c(c3cc21)CCCc1c[nH]nc1-4. The molecule has 1 amide bonds. The van der Waals surface area contributed by atoms with Crippen LogP contribution in [0, 0.1) is 0 Å². The Morgan fingerprint density at radius 1 is 1.33 bits per heavy atom. The van der Waals surface area contributed by atoms with Gasteiger partial charge in [0.15, 0.2) is 0 Å². The zero-order valence-corrected chi connectivity index (χ0v) is 15.9. The van der Waals surface area contributed by atoms with Crippen molar-refractivity contribution >= 4 is 22.5 Å². The van der Waals surface area contributed by atoms with E-state index in [0.717, 1.165) is 52.8 Å². The highest BCUT2D eigenvalue weighted by Crippen LogP contribution is 2.46. The number of rotatable bonds is 2. The Bertz CT molecular complexity index is 1070. The zero-order chi connectivity index (χ0) is 18.9. The van der Waals surface area contributed by atoms with Gasteiger partial charge in [0, 0.05) is 22.8 Å². The molecule has 2 aliphatic rings. The molecule has 3 heterocycles. The molecule has 140 valence electrons. The molecule has 27 heavy (non-hydrogen) atoms. The number of hydrogen-bond acceptors (Lipinski definition) is 3. The minimum Gasteiger partial charge on any atom is -0.392 e. The molecule has 1 unspecified atom stereocenters. The van der Waals surface area contributed by atoms with Crippen molar-refractivity contribution in [3.8, 4) is 11.4 Å². The normalized spacial score (nSPS) is 19.0. The summed E-state index contributed by atoms with van der Waals surface area (Å²) in [5.41, 5.74) is 7.01. The van der Waals surface area contributed by atoms with E-state index in [1.165, 1.54) is 11.1 Å². The summed E-state index contributed by atoms with van der Waals surface area (Å²) in [6, 6.07) is 4.25. The number of nitrogens with zero attached hydrogens (tertiary/aromatic N) is 2. The third-order valence-corrected chi connectivity index (χ3v) is 6.04. The van der Waals surface area contributed by atoms with E-state index in [0.29, 0.717) is 6.54 Å². The fourth-order valence-corrected chi connectivity index (χ4v) is 4.66. The maximum Gasteiger partial charge on any atom is 0.237 e. The summed E-state index contributed by atoms with van der Waals surface area (Å²) in [6.07, 6.45) is 4.49. The average molecular weight is 364 g/mol. The second-order valence-corrected chi connectivity index (χ2v) is 8.40.